The van der Waals surface area contributed by atoms with E-state index < -0.39 is 4.92 Å². The first-order valence-corrected chi connectivity index (χ1v) is 9.26. The molecule has 2 aromatic heterocycles. The minimum absolute atomic E-state index is 0.0175. The molecule has 0 atom stereocenters. The van der Waals surface area contributed by atoms with Crippen molar-refractivity contribution in [2.45, 2.75) is 26.8 Å². The summed E-state index contributed by atoms with van der Waals surface area (Å²) in [5.74, 6) is 0.784. The maximum Gasteiger partial charge on any atom is 0.274 e. The summed E-state index contributed by atoms with van der Waals surface area (Å²) in [5, 5.41) is 17.8. The van der Waals surface area contributed by atoms with Crippen molar-refractivity contribution >= 4 is 23.5 Å². The highest BCUT2D eigenvalue weighted by Gasteiger charge is 2.16. The average molecular weight is 395 g/mol. The summed E-state index contributed by atoms with van der Waals surface area (Å²) in [5.41, 5.74) is 1.45. The number of hydrogen-bond donors (Lipinski definition) is 1. The van der Waals surface area contributed by atoms with Gasteiger partial charge in [0.1, 0.15) is 17.2 Å². The molecular weight excluding hydrogens is 374 g/mol. The summed E-state index contributed by atoms with van der Waals surface area (Å²) in [7, 11) is 0. The smallest absolute Gasteiger partial charge is 0.274 e. The topological polar surface area (TPSA) is 116 Å². The van der Waals surface area contributed by atoms with Crippen molar-refractivity contribution < 1.29 is 14.1 Å². The summed E-state index contributed by atoms with van der Waals surface area (Å²) >= 11 is 0. The lowest BCUT2D eigenvalue weighted by Crippen LogP contribution is -2.24. The molecule has 9 heteroatoms. The van der Waals surface area contributed by atoms with Crippen LogP contribution in [0.3, 0.4) is 0 Å². The number of aryl methyl sites for hydroxylation is 1. The molecule has 0 aliphatic rings. The van der Waals surface area contributed by atoms with Crippen LogP contribution in [0.15, 0.2) is 52.0 Å². The Kier molecular flexibility index (Phi) is 6.18. The number of hydrogen-bond acceptors (Lipinski definition) is 6. The predicted molar refractivity (Wildman–Crippen MR) is 109 cm³/mol. The highest BCUT2D eigenvalue weighted by Crippen LogP contribution is 2.25. The van der Waals surface area contributed by atoms with Gasteiger partial charge in [-0.2, -0.15) is 5.10 Å². The zero-order valence-corrected chi connectivity index (χ0v) is 16.2. The van der Waals surface area contributed by atoms with E-state index in [1.165, 1.54) is 18.3 Å². The van der Waals surface area contributed by atoms with Crippen molar-refractivity contribution in [3.8, 4) is 11.3 Å². The molecule has 0 unspecified atom stereocenters. The molecule has 29 heavy (non-hydrogen) atoms. The van der Waals surface area contributed by atoms with Gasteiger partial charge in [-0.15, -0.1) is 0 Å². The summed E-state index contributed by atoms with van der Waals surface area (Å²) in [6.07, 6.45) is 4.05. The fourth-order valence-electron chi connectivity index (χ4n) is 2.61. The van der Waals surface area contributed by atoms with Gasteiger partial charge in [0, 0.05) is 30.8 Å². The molecule has 0 saturated carbocycles. The average Bonchev–Trinajstić information content (AvgIpc) is 3.37. The number of nitro groups is 1. The van der Waals surface area contributed by atoms with Gasteiger partial charge < -0.3 is 9.73 Å². The fourth-order valence-corrected chi connectivity index (χ4v) is 2.61. The monoisotopic (exact) mass is 395 g/mol. The first kappa shape index (κ1) is 20.0. The number of furan rings is 1. The molecule has 1 aromatic carbocycles. The predicted octanol–water partition coefficient (Wildman–Crippen LogP) is 3.96. The van der Waals surface area contributed by atoms with Gasteiger partial charge in [0.05, 0.1) is 17.3 Å². The fraction of sp³-hybridized carbons (Fsp3) is 0.250. The van der Waals surface area contributed by atoms with Crippen LogP contribution in [0.4, 0.5) is 11.4 Å². The number of aromatic nitrogens is 2. The van der Waals surface area contributed by atoms with E-state index in [2.05, 4.69) is 15.4 Å². The summed E-state index contributed by atoms with van der Waals surface area (Å²) in [4.78, 5) is 27.0. The number of non-ortho nitro benzene ring substituents is 1. The van der Waals surface area contributed by atoms with E-state index in [0.29, 0.717) is 35.9 Å². The number of amides is 1. The third-order valence-electron chi connectivity index (χ3n) is 4.14. The lowest BCUT2D eigenvalue weighted by atomic mass is 10.1. The number of carbonyl (C=O) groups excluding carboxylic acids is 1. The van der Waals surface area contributed by atoms with Crippen LogP contribution >= 0.6 is 0 Å². The Hall–Kier alpha value is -3.75. The van der Waals surface area contributed by atoms with Crippen LogP contribution in [0.1, 0.15) is 36.5 Å². The van der Waals surface area contributed by atoms with Gasteiger partial charge in [-0.3, -0.25) is 19.6 Å². The minimum atomic E-state index is -0.450. The number of benzene rings is 1. The Morgan fingerprint density at radius 3 is 2.69 bits per heavy atom. The van der Waals surface area contributed by atoms with Crippen LogP contribution in [0.5, 0.6) is 0 Å². The Morgan fingerprint density at radius 1 is 1.28 bits per heavy atom. The van der Waals surface area contributed by atoms with Gasteiger partial charge in [-0.1, -0.05) is 6.92 Å². The quantitative estimate of drug-likeness (QED) is 0.352. The molecule has 1 amide bonds. The summed E-state index contributed by atoms with van der Waals surface area (Å²) in [6, 6.07) is 9.59. The molecule has 9 nitrogen and oxygen atoms in total. The lowest BCUT2D eigenvalue weighted by molar-refractivity contribution is -0.384. The Bertz CT molecular complexity index is 1030. The molecule has 3 rings (SSSR count). The number of nitro benzene ring substituents is 1. The minimum Gasteiger partial charge on any atom is -0.455 e. The first-order chi connectivity index (χ1) is 14.0. The van der Waals surface area contributed by atoms with Gasteiger partial charge >= 0.3 is 0 Å². The second-order valence-electron chi connectivity index (χ2n) is 6.24. The van der Waals surface area contributed by atoms with E-state index in [1.807, 2.05) is 13.8 Å². The van der Waals surface area contributed by atoms with Crippen molar-refractivity contribution in [1.82, 2.24) is 15.1 Å². The van der Waals surface area contributed by atoms with Crippen molar-refractivity contribution in [3.05, 3.63) is 64.2 Å². The van der Waals surface area contributed by atoms with Crippen LogP contribution in [-0.2, 0) is 6.54 Å². The molecule has 0 aliphatic carbocycles. The molecule has 1 N–H and O–H groups in total. The molecule has 0 aliphatic heterocycles. The SMILES string of the molecule is CCCNC(=O)c1nn(CC)cc1N=Cc1ccc(-c2ccc([N+](=O)[O-])cc2)o1. The molecule has 0 saturated heterocycles. The first-order valence-electron chi connectivity index (χ1n) is 9.26. The molecule has 3 aromatic rings. The van der Waals surface area contributed by atoms with Gasteiger partial charge in [-0.25, -0.2) is 4.99 Å². The summed E-state index contributed by atoms with van der Waals surface area (Å²) < 4.78 is 7.39. The number of carbonyl (C=O) groups is 1. The van der Waals surface area contributed by atoms with Crippen molar-refractivity contribution in [2.75, 3.05) is 6.54 Å². The van der Waals surface area contributed by atoms with Crippen LogP contribution in [0.2, 0.25) is 0 Å². The maximum absolute atomic E-state index is 12.3. The van der Waals surface area contributed by atoms with Gasteiger partial charge in [0.15, 0.2) is 5.69 Å². The van der Waals surface area contributed by atoms with Crippen LogP contribution in [-0.4, -0.2) is 33.4 Å². The second kappa shape index (κ2) is 8.96. The zero-order chi connectivity index (χ0) is 20.8. The molecular formula is C20H21N5O4. The van der Waals surface area contributed by atoms with Crippen LogP contribution in [0, 0.1) is 10.1 Å². The number of nitrogens with zero attached hydrogens (tertiary/aromatic N) is 4. The molecule has 2 heterocycles. The molecule has 0 bridgehead atoms. The van der Waals surface area contributed by atoms with E-state index in [0.717, 1.165) is 6.42 Å². The molecule has 150 valence electrons. The van der Waals surface area contributed by atoms with E-state index >= 15 is 0 Å². The van der Waals surface area contributed by atoms with Crippen molar-refractivity contribution in [2.24, 2.45) is 4.99 Å². The lowest BCUT2D eigenvalue weighted by Gasteiger charge is -2.00. The third kappa shape index (κ3) is 4.75. The normalized spacial score (nSPS) is 11.1. The third-order valence-corrected chi connectivity index (χ3v) is 4.14. The highest BCUT2D eigenvalue weighted by molar-refractivity contribution is 5.97. The van der Waals surface area contributed by atoms with Crippen LogP contribution < -0.4 is 5.32 Å². The largest absolute Gasteiger partial charge is 0.455 e. The number of aliphatic imine (C=N–C) groups is 1. The van der Waals surface area contributed by atoms with E-state index in [-0.39, 0.29) is 17.3 Å². The molecule has 0 fully saturated rings. The Morgan fingerprint density at radius 2 is 2.03 bits per heavy atom. The maximum atomic E-state index is 12.3. The number of rotatable bonds is 8. The van der Waals surface area contributed by atoms with E-state index in [4.69, 9.17) is 4.42 Å². The van der Waals surface area contributed by atoms with Gasteiger partial charge in [0.25, 0.3) is 11.6 Å². The molecule has 0 radical (unpaired) electrons. The zero-order valence-electron chi connectivity index (χ0n) is 16.2. The standard InChI is InChI=1S/C20H21N5O4/c1-3-11-21-20(26)19-17(13-24(4-2)23-19)22-12-16-9-10-18(29-16)14-5-7-15(8-6-14)25(27)28/h5-10,12-13H,3-4,11H2,1-2H3,(H,21,26). The number of nitrogens with one attached hydrogen (secondary N) is 1. The van der Waals surface area contributed by atoms with Crippen molar-refractivity contribution in [1.29, 1.82) is 0 Å². The Labute approximate surface area is 167 Å². The highest BCUT2D eigenvalue weighted by atomic mass is 16.6. The summed E-state index contributed by atoms with van der Waals surface area (Å²) in [6.45, 7) is 5.09. The van der Waals surface area contributed by atoms with E-state index in [9.17, 15) is 14.9 Å². The van der Waals surface area contributed by atoms with E-state index in [1.54, 1.807) is 35.1 Å². The molecule has 0 spiro atoms. The van der Waals surface area contributed by atoms with Gasteiger partial charge in [0.2, 0.25) is 0 Å². The second-order valence-corrected chi connectivity index (χ2v) is 6.24. The van der Waals surface area contributed by atoms with Crippen molar-refractivity contribution in [3.63, 3.8) is 0 Å². The van der Waals surface area contributed by atoms with Gasteiger partial charge in [-0.05, 0) is 37.6 Å². The van der Waals surface area contributed by atoms with Crippen LogP contribution in [0.25, 0.3) is 11.3 Å². The Balaban J connectivity index is 1.79.